The lowest BCUT2D eigenvalue weighted by atomic mass is 9.96. The molecule has 2 aliphatic heterocycles. The molecule has 0 unspecified atom stereocenters. The van der Waals surface area contributed by atoms with E-state index in [-0.39, 0.29) is 17.5 Å². The highest BCUT2D eigenvalue weighted by atomic mass is 79.9. The Kier molecular flexibility index (Phi) is 4.51. The van der Waals surface area contributed by atoms with Crippen molar-refractivity contribution in [3.8, 4) is 5.75 Å². The molecule has 0 amide bonds. The van der Waals surface area contributed by atoms with Crippen molar-refractivity contribution < 1.29 is 14.1 Å². The second-order valence-electron chi connectivity index (χ2n) is 7.16. The number of fused-ring (bicyclic) bond motifs is 3. The number of ether oxygens (including phenoxy) is 1. The Bertz CT molecular complexity index is 1180. The Morgan fingerprint density at radius 3 is 2.70 bits per heavy atom. The average Bonchev–Trinajstić information content (AvgIpc) is 3.19. The zero-order valence-corrected chi connectivity index (χ0v) is 17.1. The number of nitro groups is 1. The number of hydrazone groups is 1. The summed E-state index contributed by atoms with van der Waals surface area (Å²) in [5.41, 5.74) is 3.27. The number of nitro benzene ring substituents is 1. The van der Waals surface area contributed by atoms with Crippen molar-refractivity contribution in [1.82, 2.24) is 5.01 Å². The van der Waals surface area contributed by atoms with E-state index < -0.39 is 11.2 Å². The molecule has 2 atom stereocenters. The van der Waals surface area contributed by atoms with Crippen molar-refractivity contribution in [2.45, 2.75) is 18.7 Å². The first-order valence-electron chi connectivity index (χ1n) is 9.32. The molecule has 0 N–H and O–H groups in total. The van der Waals surface area contributed by atoms with Crippen molar-refractivity contribution in [2.24, 2.45) is 5.10 Å². The molecule has 0 saturated carbocycles. The summed E-state index contributed by atoms with van der Waals surface area (Å²) in [6.07, 6.45) is 0.00525. The second-order valence-corrected chi connectivity index (χ2v) is 8.07. The maximum absolute atomic E-state index is 13.4. The summed E-state index contributed by atoms with van der Waals surface area (Å²) in [7, 11) is 0. The number of non-ortho nitro benzene ring substituents is 1. The van der Waals surface area contributed by atoms with E-state index in [0.717, 1.165) is 21.3 Å². The molecule has 3 aromatic rings. The molecule has 0 bridgehead atoms. The van der Waals surface area contributed by atoms with Crippen LogP contribution in [0.1, 0.15) is 35.4 Å². The van der Waals surface area contributed by atoms with Gasteiger partial charge in [-0.15, -0.1) is 0 Å². The lowest BCUT2D eigenvalue weighted by Crippen LogP contribution is -2.33. The standard InChI is InChI=1S/C22H15BrFN3O3/c23-15-6-9-21-18(11-15)20-12-19(13-4-7-16(24)8-5-13)25-26(20)22(30-21)14-2-1-3-17(10-14)27(28)29/h1-11,20,22H,12H2/t20-,22-/m0/s1. The van der Waals surface area contributed by atoms with E-state index in [1.807, 2.05) is 23.2 Å². The van der Waals surface area contributed by atoms with Crippen LogP contribution in [0.4, 0.5) is 10.1 Å². The van der Waals surface area contributed by atoms with Crippen LogP contribution >= 0.6 is 15.9 Å². The van der Waals surface area contributed by atoms with Gasteiger partial charge in [0.2, 0.25) is 6.23 Å². The van der Waals surface area contributed by atoms with Crippen molar-refractivity contribution in [3.05, 3.63) is 104 Å². The van der Waals surface area contributed by atoms with E-state index >= 15 is 0 Å². The first-order valence-corrected chi connectivity index (χ1v) is 10.1. The van der Waals surface area contributed by atoms with E-state index in [1.165, 1.54) is 24.3 Å². The lowest BCUT2D eigenvalue weighted by molar-refractivity contribution is -0.385. The molecule has 150 valence electrons. The van der Waals surface area contributed by atoms with Crippen LogP contribution in [0.2, 0.25) is 0 Å². The fourth-order valence-electron chi connectivity index (χ4n) is 3.89. The van der Waals surface area contributed by atoms with Crippen LogP contribution in [0.15, 0.2) is 76.3 Å². The molecule has 2 aliphatic rings. The van der Waals surface area contributed by atoms with Crippen LogP contribution in [0, 0.1) is 15.9 Å². The zero-order valence-electron chi connectivity index (χ0n) is 15.5. The van der Waals surface area contributed by atoms with Crippen molar-refractivity contribution in [2.75, 3.05) is 0 Å². The molecule has 0 fully saturated rings. The van der Waals surface area contributed by atoms with Crippen LogP contribution < -0.4 is 4.74 Å². The average molecular weight is 468 g/mol. The number of rotatable bonds is 3. The number of nitrogens with zero attached hydrogens (tertiary/aromatic N) is 3. The van der Waals surface area contributed by atoms with Crippen molar-refractivity contribution >= 4 is 27.3 Å². The summed E-state index contributed by atoms with van der Waals surface area (Å²) in [6, 6.07) is 18.3. The van der Waals surface area contributed by atoms with Gasteiger partial charge >= 0.3 is 0 Å². The van der Waals surface area contributed by atoms with E-state index in [9.17, 15) is 14.5 Å². The third-order valence-electron chi connectivity index (χ3n) is 5.30. The van der Waals surface area contributed by atoms with Crippen LogP contribution in [0.25, 0.3) is 0 Å². The number of hydrogen-bond donors (Lipinski definition) is 0. The highest BCUT2D eigenvalue weighted by Gasteiger charge is 2.41. The molecule has 3 aromatic carbocycles. The summed E-state index contributed by atoms with van der Waals surface area (Å²) in [5.74, 6) is 0.411. The number of hydrogen-bond acceptors (Lipinski definition) is 5. The minimum atomic E-state index is -0.610. The maximum atomic E-state index is 13.4. The predicted molar refractivity (Wildman–Crippen MR) is 113 cm³/mol. The fraction of sp³-hybridized carbons (Fsp3) is 0.136. The van der Waals surface area contributed by atoms with E-state index in [0.29, 0.717) is 17.7 Å². The van der Waals surface area contributed by atoms with E-state index in [1.54, 1.807) is 24.3 Å². The first-order chi connectivity index (χ1) is 14.5. The Balaban J connectivity index is 1.60. The lowest BCUT2D eigenvalue weighted by Gasteiger charge is -2.38. The molecule has 8 heteroatoms. The number of benzene rings is 3. The SMILES string of the molecule is O=[N+]([O-])c1cccc([C@@H]2Oc3ccc(Br)cc3[C@@H]3CC(c4ccc(F)cc4)=NN32)c1. The largest absolute Gasteiger partial charge is 0.464 e. The normalized spacial score (nSPS) is 19.5. The maximum Gasteiger partial charge on any atom is 0.269 e. The molecular weight excluding hydrogens is 453 g/mol. The number of halogens is 2. The molecule has 5 rings (SSSR count). The van der Waals surface area contributed by atoms with Crippen LogP contribution in [-0.2, 0) is 0 Å². The summed E-state index contributed by atoms with van der Waals surface area (Å²) in [4.78, 5) is 10.8. The van der Waals surface area contributed by atoms with Gasteiger partial charge in [0.05, 0.1) is 16.7 Å². The van der Waals surface area contributed by atoms with Gasteiger partial charge in [-0.2, -0.15) is 5.10 Å². The third kappa shape index (κ3) is 3.23. The smallest absolute Gasteiger partial charge is 0.269 e. The minimum absolute atomic E-state index is 0.00353. The van der Waals surface area contributed by atoms with E-state index in [4.69, 9.17) is 9.84 Å². The van der Waals surface area contributed by atoms with Gasteiger partial charge < -0.3 is 4.74 Å². The Hall–Kier alpha value is -3.26. The van der Waals surface area contributed by atoms with Gasteiger partial charge in [-0.3, -0.25) is 10.1 Å². The Morgan fingerprint density at radius 2 is 1.93 bits per heavy atom. The highest BCUT2D eigenvalue weighted by molar-refractivity contribution is 9.10. The van der Waals surface area contributed by atoms with Gasteiger partial charge in [0.1, 0.15) is 11.6 Å². The van der Waals surface area contributed by atoms with Gasteiger partial charge in [-0.05, 0) is 35.9 Å². The highest BCUT2D eigenvalue weighted by Crippen LogP contribution is 2.48. The summed E-state index contributed by atoms with van der Waals surface area (Å²) in [6.45, 7) is 0. The molecule has 2 heterocycles. The zero-order chi connectivity index (χ0) is 20.8. The van der Waals surface area contributed by atoms with E-state index in [2.05, 4.69) is 15.9 Å². The van der Waals surface area contributed by atoms with Crippen LogP contribution in [0.5, 0.6) is 5.75 Å². The van der Waals surface area contributed by atoms with Gasteiger partial charge in [0.25, 0.3) is 5.69 Å². The van der Waals surface area contributed by atoms with Crippen molar-refractivity contribution in [3.63, 3.8) is 0 Å². The summed E-state index contributed by atoms with van der Waals surface area (Å²) < 4.78 is 20.5. The Morgan fingerprint density at radius 1 is 1.13 bits per heavy atom. The molecule has 0 spiro atoms. The second kappa shape index (κ2) is 7.21. The molecule has 0 aliphatic carbocycles. The fourth-order valence-corrected chi connectivity index (χ4v) is 4.27. The molecule has 6 nitrogen and oxygen atoms in total. The monoisotopic (exact) mass is 467 g/mol. The molecule has 0 saturated heterocycles. The van der Waals surface area contributed by atoms with Gasteiger partial charge in [-0.25, -0.2) is 9.40 Å². The molecule has 30 heavy (non-hydrogen) atoms. The van der Waals surface area contributed by atoms with Gasteiger partial charge in [-0.1, -0.05) is 40.2 Å². The topological polar surface area (TPSA) is 68.0 Å². The van der Waals surface area contributed by atoms with Gasteiger partial charge in [0, 0.05) is 34.2 Å². The van der Waals surface area contributed by atoms with Gasteiger partial charge in [0.15, 0.2) is 0 Å². The minimum Gasteiger partial charge on any atom is -0.464 e. The third-order valence-corrected chi connectivity index (χ3v) is 5.79. The summed E-state index contributed by atoms with van der Waals surface area (Å²) >= 11 is 3.51. The van der Waals surface area contributed by atoms with Crippen molar-refractivity contribution in [1.29, 1.82) is 0 Å². The Labute approximate surface area is 179 Å². The quantitative estimate of drug-likeness (QED) is 0.363. The van der Waals surface area contributed by atoms with Crippen LogP contribution in [0.3, 0.4) is 0 Å². The molecular formula is C22H15BrFN3O3. The molecule has 0 aromatic heterocycles. The molecule has 0 radical (unpaired) electrons. The first kappa shape index (κ1) is 18.7. The summed E-state index contributed by atoms with van der Waals surface area (Å²) in [5, 5.41) is 17.9. The predicted octanol–water partition coefficient (Wildman–Crippen LogP) is 5.74. The van der Waals surface area contributed by atoms with Crippen LogP contribution in [-0.4, -0.2) is 15.6 Å².